The minimum Gasteiger partial charge on any atom is -0.376 e. The minimum atomic E-state index is 0.263. The number of nitrogens with one attached hydrogen (secondary N) is 1. The number of rotatable bonds is 9. The van der Waals surface area contributed by atoms with Gasteiger partial charge >= 0.3 is 0 Å². The zero-order valence-corrected chi connectivity index (χ0v) is 19.7. The molecule has 0 aliphatic carbocycles. The van der Waals surface area contributed by atoms with Crippen molar-refractivity contribution in [2.45, 2.75) is 45.9 Å². The SMILES string of the molecule is CCNC(=NCc1ccccc1CN1CCCC1=O)N1CCC(COCc2ccccc2)C1. The number of amides is 1. The lowest BCUT2D eigenvalue weighted by molar-refractivity contribution is -0.128. The van der Waals surface area contributed by atoms with E-state index in [1.54, 1.807) is 0 Å². The molecule has 0 spiro atoms. The highest BCUT2D eigenvalue weighted by Gasteiger charge is 2.25. The van der Waals surface area contributed by atoms with E-state index in [-0.39, 0.29) is 5.91 Å². The van der Waals surface area contributed by atoms with Crippen LogP contribution in [0, 0.1) is 5.92 Å². The molecule has 0 aromatic heterocycles. The maximum Gasteiger partial charge on any atom is 0.222 e. The first-order valence-electron chi connectivity index (χ1n) is 12.2. The summed E-state index contributed by atoms with van der Waals surface area (Å²) in [4.78, 5) is 21.4. The van der Waals surface area contributed by atoms with Gasteiger partial charge in [-0.1, -0.05) is 54.6 Å². The molecule has 0 bridgehead atoms. The molecule has 1 N–H and O–H groups in total. The fourth-order valence-corrected chi connectivity index (χ4v) is 4.61. The lowest BCUT2D eigenvalue weighted by atomic mass is 10.1. The Morgan fingerprint density at radius 2 is 1.88 bits per heavy atom. The van der Waals surface area contributed by atoms with Gasteiger partial charge in [0.05, 0.1) is 19.8 Å². The molecular formula is C27H36N4O2. The zero-order chi connectivity index (χ0) is 22.9. The summed E-state index contributed by atoms with van der Waals surface area (Å²) in [5, 5.41) is 3.47. The smallest absolute Gasteiger partial charge is 0.222 e. The molecule has 2 aromatic carbocycles. The summed E-state index contributed by atoms with van der Waals surface area (Å²) >= 11 is 0. The molecule has 6 nitrogen and oxygen atoms in total. The summed E-state index contributed by atoms with van der Waals surface area (Å²) in [7, 11) is 0. The number of likely N-dealkylation sites (tertiary alicyclic amines) is 2. The molecule has 2 heterocycles. The van der Waals surface area contributed by atoms with E-state index >= 15 is 0 Å². The van der Waals surface area contributed by atoms with Crippen LogP contribution in [-0.2, 0) is 29.2 Å². The predicted molar refractivity (Wildman–Crippen MR) is 132 cm³/mol. The van der Waals surface area contributed by atoms with Gasteiger partial charge in [-0.15, -0.1) is 0 Å². The number of carbonyl (C=O) groups is 1. The van der Waals surface area contributed by atoms with Gasteiger partial charge in [0.25, 0.3) is 0 Å². The third kappa shape index (κ3) is 6.57. The third-order valence-corrected chi connectivity index (χ3v) is 6.44. The van der Waals surface area contributed by atoms with Crippen LogP contribution in [0.25, 0.3) is 0 Å². The highest BCUT2D eigenvalue weighted by molar-refractivity contribution is 5.80. The summed E-state index contributed by atoms with van der Waals surface area (Å²) in [6, 6.07) is 18.7. The average molecular weight is 449 g/mol. The second-order valence-corrected chi connectivity index (χ2v) is 8.96. The van der Waals surface area contributed by atoms with Crippen molar-refractivity contribution in [3.05, 3.63) is 71.3 Å². The monoisotopic (exact) mass is 448 g/mol. The summed E-state index contributed by atoms with van der Waals surface area (Å²) < 4.78 is 5.99. The van der Waals surface area contributed by atoms with E-state index in [2.05, 4.69) is 65.7 Å². The molecule has 4 rings (SSSR count). The Balaban J connectivity index is 1.33. The Hall–Kier alpha value is -2.86. The topological polar surface area (TPSA) is 57.2 Å². The predicted octanol–water partition coefficient (Wildman–Crippen LogP) is 3.81. The summed E-state index contributed by atoms with van der Waals surface area (Å²) in [5.41, 5.74) is 3.60. The van der Waals surface area contributed by atoms with Gasteiger partial charge in [-0.05, 0) is 36.5 Å². The molecule has 1 atom stereocenters. The summed E-state index contributed by atoms with van der Waals surface area (Å²) in [6.45, 7) is 8.52. The number of guanidine groups is 1. The van der Waals surface area contributed by atoms with Gasteiger partial charge in [-0.3, -0.25) is 4.79 Å². The van der Waals surface area contributed by atoms with Crippen LogP contribution < -0.4 is 5.32 Å². The van der Waals surface area contributed by atoms with Crippen LogP contribution in [0.5, 0.6) is 0 Å². The molecule has 0 saturated carbocycles. The Morgan fingerprint density at radius 3 is 2.64 bits per heavy atom. The Kier molecular flexibility index (Phi) is 8.36. The molecule has 176 valence electrons. The van der Waals surface area contributed by atoms with Crippen molar-refractivity contribution in [1.29, 1.82) is 0 Å². The number of hydrogen-bond donors (Lipinski definition) is 1. The van der Waals surface area contributed by atoms with Gasteiger partial charge < -0.3 is 19.9 Å². The first-order chi connectivity index (χ1) is 16.2. The highest BCUT2D eigenvalue weighted by Crippen LogP contribution is 2.20. The summed E-state index contributed by atoms with van der Waals surface area (Å²) in [5.74, 6) is 1.75. The maximum atomic E-state index is 12.1. The zero-order valence-electron chi connectivity index (χ0n) is 19.7. The molecule has 33 heavy (non-hydrogen) atoms. The van der Waals surface area contributed by atoms with Gasteiger partial charge in [0.2, 0.25) is 5.91 Å². The maximum absolute atomic E-state index is 12.1. The van der Waals surface area contributed by atoms with Crippen molar-refractivity contribution in [3.63, 3.8) is 0 Å². The van der Waals surface area contributed by atoms with Gasteiger partial charge in [0.15, 0.2) is 5.96 Å². The molecule has 2 aliphatic heterocycles. The quantitative estimate of drug-likeness (QED) is 0.468. The first-order valence-corrected chi connectivity index (χ1v) is 12.2. The normalized spacial score (nSPS) is 18.9. The fraction of sp³-hybridized carbons (Fsp3) is 0.481. The van der Waals surface area contributed by atoms with Crippen LogP contribution >= 0.6 is 0 Å². The Labute approximate surface area is 197 Å². The van der Waals surface area contributed by atoms with Crippen molar-refractivity contribution >= 4 is 11.9 Å². The number of hydrogen-bond acceptors (Lipinski definition) is 3. The van der Waals surface area contributed by atoms with Gasteiger partial charge in [0, 0.05) is 45.1 Å². The lowest BCUT2D eigenvalue weighted by Gasteiger charge is -2.22. The number of ether oxygens (including phenoxy) is 1. The number of nitrogens with zero attached hydrogens (tertiary/aromatic N) is 3. The van der Waals surface area contributed by atoms with Crippen LogP contribution in [0.15, 0.2) is 59.6 Å². The molecule has 0 radical (unpaired) electrons. The minimum absolute atomic E-state index is 0.263. The van der Waals surface area contributed by atoms with E-state index in [0.29, 0.717) is 32.0 Å². The average Bonchev–Trinajstić information content (AvgIpc) is 3.47. The van der Waals surface area contributed by atoms with Crippen LogP contribution in [0.2, 0.25) is 0 Å². The van der Waals surface area contributed by atoms with Crippen molar-refractivity contribution in [2.75, 3.05) is 32.8 Å². The molecule has 2 fully saturated rings. The molecule has 6 heteroatoms. The Bertz CT molecular complexity index is 931. The molecule has 1 unspecified atom stereocenters. The van der Waals surface area contributed by atoms with Gasteiger partial charge in [-0.2, -0.15) is 0 Å². The van der Waals surface area contributed by atoms with E-state index in [1.807, 2.05) is 11.0 Å². The second-order valence-electron chi connectivity index (χ2n) is 8.96. The number of benzene rings is 2. The fourth-order valence-electron chi connectivity index (χ4n) is 4.61. The van der Waals surface area contributed by atoms with E-state index in [4.69, 9.17) is 9.73 Å². The lowest BCUT2D eigenvalue weighted by Crippen LogP contribution is -2.40. The van der Waals surface area contributed by atoms with Crippen LogP contribution in [-0.4, -0.2) is 54.5 Å². The molecule has 2 saturated heterocycles. The van der Waals surface area contributed by atoms with Crippen molar-refractivity contribution < 1.29 is 9.53 Å². The standard InChI is InChI=1S/C27H36N4O2/c1-2-28-27(31-16-14-23(18-31)21-33-20-22-9-4-3-5-10-22)29-17-24-11-6-7-12-25(24)19-30-15-8-13-26(30)32/h3-7,9-12,23H,2,8,13-21H2,1H3,(H,28,29). The number of carbonyl (C=O) groups excluding carboxylic acids is 1. The van der Waals surface area contributed by atoms with Gasteiger partial charge in [-0.25, -0.2) is 4.99 Å². The van der Waals surface area contributed by atoms with E-state index in [0.717, 1.165) is 51.6 Å². The number of aliphatic imine (C=N–C) groups is 1. The molecule has 2 aliphatic rings. The van der Waals surface area contributed by atoms with Crippen molar-refractivity contribution in [2.24, 2.45) is 10.9 Å². The van der Waals surface area contributed by atoms with Crippen molar-refractivity contribution in [1.82, 2.24) is 15.1 Å². The highest BCUT2D eigenvalue weighted by atomic mass is 16.5. The van der Waals surface area contributed by atoms with E-state index in [1.165, 1.54) is 16.7 Å². The molecular weight excluding hydrogens is 412 g/mol. The first kappa shape index (κ1) is 23.3. The Morgan fingerprint density at radius 1 is 1.09 bits per heavy atom. The van der Waals surface area contributed by atoms with Crippen LogP contribution in [0.4, 0.5) is 0 Å². The molecule has 2 aromatic rings. The third-order valence-electron chi connectivity index (χ3n) is 6.44. The molecule has 1 amide bonds. The van der Waals surface area contributed by atoms with E-state index in [9.17, 15) is 4.79 Å². The van der Waals surface area contributed by atoms with Gasteiger partial charge in [0.1, 0.15) is 0 Å². The van der Waals surface area contributed by atoms with Crippen molar-refractivity contribution in [3.8, 4) is 0 Å². The second kappa shape index (κ2) is 11.8. The summed E-state index contributed by atoms with van der Waals surface area (Å²) in [6.07, 6.45) is 2.76. The largest absolute Gasteiger partial charge is 0.376 e. The van der Waals surface area contributed by atoms with Crippen LogP contribution in [0.1, 0.15) is 42.9 Å². The van der Waals surface area contributed by atoms with E-state index < -0.39 is 0 Å². The van der Waals surface area contributed by atoms with Crippen LogP contribution in [0.3, 0.4) is 0 Å².